The average Bonchev–Trinajstić information content (AvgIpc) is 3.02. The molecule has 0 fully saturated rings. The van der Waals surface area contributed by atoms with Crippen molar-refractivity contribution in [2.45, 2.75) is 33.1 Å². The zero-order valence-electron chi connectivity index (χ0n) is 15.9. The van der Waals surface area contributed by atoms with Crippen LogP contribution in [-0.4, -0.2) is 15.8 Å². The van der Waals surface area contributed by atoms with E-state index in [1.165, 1.54) is 5.56 Å². The Balaban J connectivity index is 1.88. The molecule has 1 heterocycles. The number of rotatable bonds is 3. The lowest BCUT2D eigenvalue weighted by Gasteiger charge is -2.14. The monoisotopic (exact) mass is 426 g/mol. The Morgan fingerprint density at radius 1 is 1.00 bits per heavy atom. The smallest absolute Gasteiger partial charge is 0.308 e. The Hall–Kier alpha value is -2.60. The average molecular weight is 427 g/mol. The summed E-state index contributed by atoms with van der Waals surface area (Å²) in [6.07, 6.45) is 0. The first-order valence-corrected chi connectivity index (χ1v) is 9.53. The molecule has 1 aromatic heterocycles. The molecule has 0 spiro atoms. The number of amides is 2. The highest BCUT2D eigenvalue weighted by atomic mass is 79.9. The summed E-state index contributed by atoms with van der Waals surface area (Å²) in [7, 11) is 0. The van der Waals surface area contributed by atoms with Crippen molar-refractivity contribution in [3.05, 3.63) is 70.3 Å². The maximum absolute atomic E-state index is 12.5. The summed E-state index contributed by atoms with van der Waals surface area (Å²) in [4.78, 5) is 12.5. The summed E-state index contributed by atoms with van der Waals surface area (Å²) in [5.41, 5.74) is 3.56. The van der Waals surface area contributed by atoms with Crippen LogP contribution in [0.5, 0.6) is 0 Å². The summed E-state index contributed by atoms with van der Waals surface area (Å²) in [5.74, 6) is 0.624. The molecule has 3 rings (SSSR count). The van der Waals surface area contributed by atoms with Crippen molar-refractivity contribution in [2.75, 3.05) is 10.6 Å². The lowest BCUT2D eigenvalue weighted by atomic mass is 9.92. The van der Waals surface area contributed by atoms with E-state index in [2.05, 4.69) is 47.3 Å². The van der Waals surface area contributed by atoms with Gasteiger partial charge in [-0.3, -0.25) is 5.32 Å². The fraction of sp³-hybridized carbons (Fsp3) is 0.238. The van der Waals surface area contributed by atoms with E-state index in [1.54, 1.807) is 4.68 Å². The lowest BCUT2D eigenvalue weighted by Crippen LogP contribution is -2.21. The van der Waals surface area contributed by atoms with Crippen LogP contribution in [0.2, 0.25) is 0 Å². The molecule has 140 valence electrons. The molecular formula is C21H23BrN4O. The van der Waals surface area contributed by atoms with Crippen LogP contribution in [0.15, 0.2) is 59.1 Å². The van der Waals surface area contributed by atoms with Crippen molar-refractivity contribution in [3.8, 4) is 5.69 Å². The second-order valence-electron chi connectivity index (χ2n) is 7.50. The first kappa shape index (κ1) is 19.2. The third kappa shape index (κ3) is 4.77. The second-order valence-corrected chi connectivity index (χ2v) is 8.41. The maximum atomic E-state index is 12.5. The highest BCUT2D eigenvalue weighted by Gasteiger charge is 2.21. The number of aryl methyl sites for hydroxylation is 1. The number of benzene rings is 2. The second kappa shape index (κ2) is 7.56. The number of nitrogens with zero attached hydrogens (tertiary/aromatic N) is 2. The molecule has 0 saturated heterocycles. The number of anilines is 2. The van der Waals surface area contributed by atoms with Crippen LogP contribution in [0.4, 0.5) is 16.3 Å². The topological polar surface area (TPSA) is 59.0 Å². The Kier molecular flexibility index (Phi) is 5.37. The van der Waals surface area contributed by atoms with Crippen LogP contribution in [0, 0.1) is 6.92 Å². The predicted octanol–water partition coefficient (Wildman–Crippen LogP) is 5.88. The van der Waals surface area contributed by atoms with Gasteiger partial charge < -0.3 is 5.32 Å². The van der Waals surface area contributed by atoms with Gasteiger partial charge in [-0.05, 0) is 43.3 Å². The molecule has 0 bridgehead atoms. The van der Waals surface area contributed by atoms with Gasteiger partial charge >= 0.3 is 6.03 Å². The van der Waals surface area contributed by atoms with Gasteiger partial charge in [-0.15, -0.1) is 0 Å². The number of hydrogen-bond donors (Lipinski definition) is 2. The van der Waals surface area contributed by atoms with E-state index in [9.17, 15) is 4.79 Å². The third-order valence-corrected chi connectivity index (χ3v) is 4.63. The van der Waals surface area contributed by atoms with Gasteiger partial charge in [0.2, 0.25) is 0 Å². The Bertz CT molecular complexity index is 938. The predicted molar refractivity (Wildman–Crippen MR) is 114 cm³/mol. The molecule has 3 aromatic rings. The van der Waals surface area contributed by atoms with E-state index in [4.69, 9.17) is 5.10 Å². The van der Waals surface area contributed by atoms with E-state index in [0.717, 1.165) is 15.9 Å². The fourth-order valence-electron chi connectivity index (χ4n) is 2.53. The van der Waals surface area contributed by atoms with Crippen LogP contribution in [0.1, 0.15) is 32.0 Å². The van der Waals surface area contributed by atoms with Crippen molar-refractivity contribution in [1.29, 1.82) is 0 Å². The molecule has 0 aliphatic carbocycles. The van der Waals surface area contributed by atoms with Gasteiger partial charge in [-0.25, -0.2) is 9.48 Å². The number of aromatic nitrogens is 2. The molecule has 5 nitrogen and oxygen atoms in total. The lowest BCUT2D eigenvalue weighted by molar-refractivity contribution is 0.262. The zero-order chi connectivity index (χ0) is 19.6. The molecule has 0 saturated carbocycles. The molecule has 27 heavy (non-hydrogen) atoms. The minimum atomic E-state index is -0.314. The summed E-state index contributed by atoms with van der Waals surface area (Å²) in [6, 6.07) is 17.1. The molecule has 6 heteroatoms. The molecular weight excluding hydrogens is 404 g/mol. The van der Waals surface area contributed by atoms with Crippen LogP contribution in [-0.2, 0) is 5.41 Å². The van der Waals surface area contributed by atoms with Crippen molar-refractivity contribution >= 4 is 33.5 Å². The molecule has 2 N–H and O–H groups in total. The van der Waals surface area contributed by atoms with Gasteiger partial charge in [0.25, 0.3) is 0 Å². The standard InChI is InChI=1S/C21H23BrN4O/c1-14-5-11-17(12-6-14)26-19(13-18(25-26)21(2,3)4)24-20(27)23-16-9-7-15(22)8-10-16/h5-13H,1-4H3,(H2,23,24,27). The molecule has 0 aliphatic rings. The van der Waals surface area contributed by atoms with Crippen molar-refractivity contribution in [1.82, 2.24) is 9.78 Å². The third-order valence-electron chi connectivity index (χ3n) is 4.10. The SMILES string of the molecule is Cc1ccc(-n2nc(C(C)(C)C)cc2NC(=O)Nc2ccc(Br)cc2)cc1. The number of halogens is 1. The number of hydrogen-bond acceptors (Lipinski definition) is 2. The van der Waals surface area contributed by atoms with E-state index in [0.29, 0.717) is 11.5 Å². The van der Waals surface area contributed by atoms with E-state index >= 15 is 0 Å². The van der Waals surface area contributed by atoms with Crippen LogP contribution >= 0.6 is 15.9 Å². The Morgan fingerprint density at radius 2 is 1.63 bits per heavy atom. The molecule has 0 aliphatic heterocycles. The minimum absolute atomic E-state index is 0.130. The summed E-state index contributed by atoms with van der Waals surface area (Å²) in [6.45, 7) is 8.33. The van der Waals surface area contributed by atoms with Crippen molar-refractivity contribution in [3.63, 3.8) is 0 Å². The number of carbonyl (C=O) groups excluding carboxylic acids is 1. The summed E-state index contributed by atoms with van der Waals surface area (Å²) in [5, 5.41) is 10.5. The molecule has 2 aromatic carbocycles. The van der Waals surface area contributed by atoms with Crippen LogP contribution < -0.4 is 10.6 Å². The van der Waals surface area contributed by atoms with Crippen LogP contribution in [0.3, 0.4) is 0 Å². The van der Waals surface area contributed by atoms with Crippen molar-refractivity contribution in [2.24, 2.45) is 0 Å². The first-order chi connectivity index (χ1) is 12.7. The molecule has 0 atom stereocenters. The quantitative estimate of drug-likeness (QED) is 0.548. The fourth-order valence-corrected chi connectivity index (χ4v) is 2.80. The van der Waals surface area contributed by atoms with Crippen molar-refractivity contribution < 1.29 is 4.79 Å². The van der Waals surface area contributed by atoms with Gasteiger partial charge in [-0.2, -0.15) is 5.10 Å². The highest BCUT2D eigenvalue weighted by Crippen LogP contribution is 2.26. The van der Waals surface area contributed by atoms with Gasteiger partial charge in [-0.1, -0.05) is 54.4 Å². The number of urea groups is 1. The first-order valence-electron chi connectivity index (χ1n) is 8.73. The minimum Gasteiger partial charge on any atom is -0.308 e. The highest BCUT2D eigenvalue weighted by molar-refractivity contribution is 9.10. The summed E-state index contributed by atoms with van der Waals surface area (Å²) >= 11 is 3.39. The Morgan fingerprint density at radius 3 is 2.22 bits per heavy atom. The van der Waals surface area contributed by atoms with Gasteiger partial charge in [0.05, 0.1) is 11.4 Å². The van der Waals surface area contributed by atoms with Crippen LogP contribution in [0.25, 0.3) is 5.69 Å². The van der Waals surface area contributed by atoms with E-state index in [-0.39, 0.29) is 11.4 Å². The number of carbonyl (C=O) groups is 1. The Labute approximate surface area is 167 Å². The van der Waals surface area contributed by atoms with Gasteiger partial charge in [0, 0.05) is 21.6 Å². The zero-order valence-corrected chi connectivity index (χ0v) is 17.5. The van der Waals surface area contributed by atoms with E-state index in [1.807, 2.05) is 61.5 Å². The van der Waals surface area contributed by atoms with Gasteiger partial charge in [0.15, 0.2) is 0 Å². The molecule has 0 radical (unpaired) electrons. The number of nitrogens with one attached hydrogen (secondary N) is 2. The molecule has 0 unspecified atom stereocenters. The normalized spacial score (nSPS) is 11.3. The largest absolute Gasteiger partial charge is 0.324 e. The maximum Gasteiger partial charge on any atom is 0.324 e. The molecule has 2 amide bonds. The van der Waals surface area contributed by atoms with E-state index < -0.39 is 0 Å². The van der Waals surface area contributed by atoms with Gasteiger partial charge in [0.1, 0.15) is 5.82 Å². The summed E-state index contributed by atoms with van der Waals surface area (Å²) < 4.78 is 2.72.